The molecule has 0 bridgehead atoms. The third kappa shape index (κ3) is 5.56. The van der Waals surface area contributed by atoms with Crippen molar-refractivity contribution in [1.82, 2.24) is 4.57 Å². The molecule has 0 amide bonds. The highest BCUT2D eigenvalue weighted by Crippen LogP contribution is 2.49. The smallest absolute Gasteiger partial charge is 0.0633 e. The summed E-state index contributed by atoms with van der Waals surface area (Å²) >= 11 is 0. The molecule has 1 aromatic heterocycles. The van der Waals surface area contributed by atoms with Gasteiger partial charge in [0.1, 0.15) is 0 Å². The second-order valence-corrected chi connectivity index (χ2v) is 15.5. The maximum Gasteiger partial charge on any atom is 0.0633 e. The molecule has 11 rings (SSSR count). The number of anilines is 2. The molecule has 0 saturated carbocycles. The Morgan fingerprint density at radius 2 is 1.30 bits per heavy atom. The van der Waals surface area contributed by atoms with E-state index in [1.54, 1.807) is 0 Å². The summed E-state index contributed by atoms with van der Waals surface area (Å²) in [5.74, 6) is 0.308. The minimum absolute atomic E-state index is 0.267. The van der Waals surface area contributed by atoms with Crippen LogP contribution in [0.4, 0.5) is 11.4 Å². The van der Waals surface area contributed by atoms with Crippen LogP contribution in [0.2, 0.25) is 0 Å². The van der Waals surface area contributed by atoms with Crippen molar-refractivity contribution in [2.45, 2.75) is 37.6 Å². The van der Waals surface area contributed by atoms with E-state index in [-0.39, 0.29) is 6.04 Å². The Kier molecular flexibility index (Phi) is 7.95. The van der Waals surface area contributed by atoms with Gasteiger partial charge in [0.05, 0.1) is 17.1 Å². The average Bonchev–Trinajstić information content (AvgIpc) is 3.79. The highest BCUT2D eigenvalue weighted by molar-refractivity contribution is 6.09. The molecule has 268 valence electrons. The zero-order chi connectivity index (χ0) is 37.0. The van der Waals surface area contributed by atoms with Crippen LogP contribution in [0.1, 0.15) is 48.3 Å². The van der Waals surface area contributed by atoms with Crippen LogP contribution in [-0.2, 0) is 0 Å². The number of rotatable bonds is 6. The van der Waals surface area contributed by atoms with Crippen LogP contribution < -0.4 is 4.90 Å². The van der Waals surface area contributed by atoms with Crippen molar-refractivity contribution in [3.05, 3.63) is 222 Å². The molecule has 3 aliphatic carbocycles. The van der Waals surface area contributed by atoms with Gasteiger partial charge in [-0.2, -0.15) is 0 Å². The van der Waals surface area contributed by atoms with E-state index in [2.05, 4.69) is 204 Å². The van der Waals surface area contributed by atoms with Crippen LogP contribution in [0.15, 0.2) is 205 Å². The topological polar surface area (TPSA) is 8.17 Å². The number of allylic oxidation sites excluding steroid dienone is 10. The number of hydrogen-bond acceptors (Lipinski definition) is 1. The molecule has 2 heterocycles. The minimum atomic E-state index is 0.267. The van der Waals surface area contributed by atoms with Gasteiger partial charge in [0.15, 0.2) is 0 Å². The third-order valence-electron chi connectivity index (χ3n) is 12.2. The zero-order valence-electron chi connectivity index (χ0n) is 31.4. The fourth-order valence-corrected chi connectivity index (χ4v) is 9.51. The van der Waals surface area contributed by atoms with Crippen molar-refractivity contribution in [1.29, 1.82) is 0 Å². The fraction of sp³-hybridized carbons (Fsp3) is 0.111. The molecule has 4 aliphatic rings. The van der Waals surface area contributed by atoms with Crippen LogP contribution in [0, 0.1) is 0 Å². The first-order valence-corrected chi connectivity index (χ1v) is 20.1. The summed E-state index contributed by atoms with van der Waals surface area (Å²) < 4.78 is 2.43. The Morgan fingerprint density at radius 1 is 0.500 bits per heavy atom. The second-order valence-electron chi connectivity index (χ2n) is 15.5. The maximum absolute atomic E-state index is 2.56. The number of para-hydroxylation sites is 2. The Bertz CT molecular complexity index is 2850. The maximum atomic E-state index is 2.56. The molecular weight excluding hydrogens is 677 g/mol. The number of hydrogen-bond donors (Lipinski definition) is 0. The van der Waals surface area contributed by atoms with Gasteiger partial charge in [0, 0.05) is 39.3 Å². The summed E-state index contributed by atoms with van der Waals surface area (Å²) in [4.78, 5) is 2.56. The summed E-state index contributed by atoms with van der Waals surface area (Å²) in [5.41, 5.74) is 18.1. The molecule has 0 radical (unpaired) electrons. The molecule has 2 heteroatoms. The molecule has 7 aromatic rings. The normalized spacial score (nSPS) is 18.7. The van der Waals surface area contributed by atoms with Gasteiger partial charge in [-0.1, -0.05) is 140 Å². The lowest BCUT2D eigenvalue weighted by Gasteiger charge is -2.30. The van der Waals surface area contributed by atoms with Crippen molar-refractivity contribution < 1.29 is 0 Å². The van der Waals surface area contributed by atoms with E-state index in [9.17, 15) is 0 Å². The molecule has 2 atom stereocenters. The van der Waals surface area contributed by atoms with E-state index < -0.39 is 0 Å². The molecule has 56 heavy (non-hydrogen) atoms. The van der Waals surface area contributed by atoms with Crippen LogP contribution in [-0.4, -0.2) is 10.6 Å². The lowest BCUT2D eigenvalue weighted by Crippen LogP contribution is -2.27. The van der Waals surface area contributed by atoms with Crippen molar-refractivity contribution in [3.63, 3.8) is 0 Å². The van der Waals surface area contributed by atoms with Gasteiger partial charge in [-0.3, -0.25) is 0 Å². The number of nitrogens with zero attached hydrogens (tertiary/aromatic N) is 2. The van der Waals surface area contributed by atoms with Crippen LogP contribution in [0.25, 0.3) is 49.8 Å². The summed E-state index contributed by atoms with van der Waals surface area (Å²) in [7, 11) is 0. The van der Waals surface area contributed by atoms with E-state index in [0.717, 1.165) is 25.7 Å². The van der Waals surface area contributed by atoms with Gasteiger partial charge < -0.3 is 9.47 Å². The van der Waals surface area contributed by atoms with Crippen LogP contribution >= 0.6 is 0 Å². The van der Waals surface area contributed by atoms with E-state index >= 15 is 0 Å². The lowest BCUT2D eigenvalue weighted by molar-refractivity contribution is 0.820. The number of aromatic nitrogens is 1. The van der Waals surface area contributed by atoms with Crippen LogP contribution in [0.5, 0.6) is 0 Å². The van der Waals surface area contributed by atoms with Gasteiger partial charge in [-0.15, -0.1) is 0 Å². The van der Waals surface area contributed by atoms with Gasteiger partial charge in [-0.05, 0) is 125 Å². The van der Waals surface area contributed by atoms with Crippen molar-refractivity contribution in [2.75, 3.05) is 4.90 Å². The zero-order valence-corrected chi connectivity index (χ0v) is 31.4. The first-order valence-electron chi connectivity index (χ1n) is 20.1. The van der Waals surface area contributed by atoms with E-state index in [1.165, 1.54) is 89.0 Å². The monoisotopic (exact) mass is 718 g/mol. The van der Waals surface area contributed by atoms with E-state index in [1.807, 2.05) is 0 Å². The Labute approximate surface area is 329 Å². The molecule has 0 saturated heterocycles. The molecule has 0 fully saturated rings. The number of fused-ring (bicyclic) bond motifs is 6. The predicted molar refractivity (Wildman–Crippen MR) is 237 cm³/mol. The molecule has 2 unspecified atom stereocenters. The first kappa shape index (κ1) is 32.8. The lowest BCUT2D eigenvalue weighted by atomic mass is 9.83. The summed E-state index contributed by atoms with van der Waals surface area (Å²) in [6.07, 6.45) is 23.3. The first-order chi connectivity index (χ1) is 27.8. The molecule has 0 N–H and O–H groups in total. The van der Waals surface area contributed by atoms with Gasteiger partial charge in [0.25, 0.3) is 0 Å². The second kappa shape index (κ2) is 13.6. The van der Waals surface area contributed by atoms with Crippen molar-refractivity contribution >= 4 is 44.3 Å². The molecular formula is C54H42N2. The van der Waals surface area contributed by atoms with Gasteiger partial charge in [-0.25, -0.2) is 0 Å². The molecule has 0 spiro atoms. The molecule has 6 aromatic carbocycles. The van der Waals surface area contributed by atoms with E-state index in [0.29, 0.717) is 5.92 Å². The molecule has 1 aliphatic heterocycles. The standard InChI is InChI=1S/C54H42N2/c1-3-13-37(14-4-1)39-25-29-45(30-26-39)55-51-23-9-7-21-47(51)49-35-43(27-31-53(49)55)40-17-11-18-41(33-40)44-28-32-54-50(36-44)48-22-8-10-24-52(48)56(54)46-20-12-19-42(34-46)38-15-5-2-6-16-38/h2-3,5-16,18-31,33-36,40,54H,1,4,17,32H2. The predicted octanol–water partition coefficient (Wildman–Crippen LogP) is 14.1. The quantitative estimate of drug-likeness (QED) is 0.166. The number of benzene rings is 6. The van der Waals surface area contributed by atoms with Crippen LogP contribution in [0.3, 0.4) is 0 Å². The minimum Gasteiger partial charge on any atom is -0.333 e. The van der Waals surface area contributed by atoms with Crippen molar-refractivity contribution in [2.24, 2.45) is 0 Å². The van der Waals surface area contributed by atoms with Gasteiger partial charge in [0.2, 0.25) is 0 Å². The molecule has 2 nitrogen and oxygen atoms in total. The van der Waals surface area contributed by atoms with Gasteiger partial charge >= 0.3 is 0 Å². The summed E-state index contributed by atoms with van der Waals surface area (Å²) in [5, 5.41) is 2.61. The average molecular weight is 719 g/mol. The largest absolute Gasteiger partial charge is 0.333 e. The summed E-state index contributed by atoms with van der Waals surface area (Å²) in [6, 6.07) is 54.1. The summed E-state index contributed by atoms with van der Waals surface area (Å²) in [6.45, 7) is 0. The highest BCUT2D eigenvalue weighted by atomic mass is 15.2. The fourth-order valence-electron chi connectivity index (χ4n) is 9.51. The Hall–Kier alpha value is -6.64. The third-order valence-corrected chi connectivity index (χ3v) is 12.2. The Balaban J connectivity index is 0.916. The van der Waals surface area contributed by atoms with E-state index in [4.69, 9.17) is 0 Å². The Morgan fingerprint density at radius 3 is 2.20 bits per heavy atom. The van der Waals surface area contributed by atoms with Crippen molar-refractivity contribution in [3.8, 4) is 16.8 Å². The highest BCUT2D eigenvalue weighted by Gasteiger charge is 2.36. The SMILES string of the molecule is C1=CC(c2ccc(-n3c4ccccc4c4cc(C5C=C(C6=CCC7C(=C6)c6ccccc6N7c6cccc(-c7ccccc7)c6)C=CC5)ccc43)cc2)=CCC1.